The van der Waals surface area contributed by atoms with Crippen LogP contribution in [0.5, 0.6) is 0 Å². The number of alkyl halides is 3. The molecule has 1 aromatic heterocycles. The van der Waals surface area contributed by atoms with E-state index in [1.807, 2.05) is 17.7 Å². The summed E-state index contributed by atoms with van der Waals surface area (Å²) in [6, 6.07) is 6.87. The molecule has 0 aliphatic carbocycles. The van der Waals surface area contributed by atoms with Crippen molar-refractivity contribution in [3.8, 4) is 0 Å². The van der Waals surface area contributed by atoms with Crippen molar-refractivity contribution in [3.05, 3.63) is 47.8 Å². The van der Waals surface area contributed by atoms with Crippen molar-refractivity contribution in [1.29, 1.82) is 0 Å². The fourth-order valence-electron chi connectivity index (χ4n) is 1.76. The highest BCUT2D eigenvalue weighted by molar-refractivity contribution is 5.45. The average Bonchev–Trinajstić information content (AvgIpc) is 2.83. The molecule has 102 valence electrons. The summed E-state index contributed by atoms with van der Waals surface area (Å²) >= 11 is 0. The number of nitrogens with one attached hydrogen (secondary N) is 1. The molecule has 2 rings (SSSR count). The minimum atomic E-state index is -4.29. The molecule has 6 heteroatoms. The highest BCUT2D eigenvalue weighted by atomic mass is 19.4. The molecule has 1 N–H and O–H groups in total. The Morgan fingerprint density at radius 1 is 1.16 bits per heavy atom. The minimum Gasteiger partial charge on any atom is -0.379 e. The molecule has 2 aromatic rings. The molecule has 0 radical (unpaired) electrons. The largest absolute Gasteiger partial charge is 0.416 e. The molecule has 0 unspecified atom stereocenters. The first-order valence-electron chi connectivity index (χ1n) is 5.92. The maximum absolute atomic E-state index is 12.4. The first-order chi connectivity index (χ1) is 9.00. The van der Waals surface area contributed by atoms with Crippen LogP contribution in [0.4, 0.5) is 18.9 Å². The number of aryl methyl sites for hydroxylation is 1. The van der Waals surface area contributed by atoms with E-state index in [1.54, 1.807) is 6.20 Å². The average molecular weight is 269 g/mol. The fraction of sp³-hybridized carbons (Fsp3) is 0.308. The van der Waals surface area contributed by atoms with Crippen molar-refractivity contribution < 1.29 is 13.2 Å². The summed E-state index contributed by atoms with van der Waals surface area (Å²) in [4.78, 5) is 0. The smallest absolute Gasteiger partial charge is 0.379 e. The Labute approximate surface area is 109 Å². The summed E-state index contributed by atoms with van der Waals surface area (Å²) in [5.74, 6) is 0. The maximum atomic E-state index is 12.4. The third kappa shape index (κ3) is 3.27. The van der Waals surface area contributed by atoms with Gasteiger partial charge in [-0.15, -0.1) is 0 Å². The van der Waals surface area contributed by atoms with Gasteiger partial charge in [-0.25, -0.2) is 0 Å². The molecule has 0 fully saturated rings. The lowest BCUT2D eigenvalue weighted by atomic mass is 10.2. The van der Waals surface area contributed by atoms with Crippen LogP contribution < -0.4 is 5.32 Å². The predicted octanol–water partition coefficient (Wildman–Crippen LogP) is 3.53. The van der Waals surface area contributed by atoms with E-state index >= 15 is 0 Å². The summed E-state index contributed by atoms with van der Waals surface area (Å²) in [7, 11) is 0. The van der Waals surface area contributed by atoms with E-state index in [2.05, 4.69) is 10.4 Å². The number of aromatic nitrogens is 2. The van der Waals surface area contributed by atoms with Crippen molar-refractivity contribution in [2.75, 3.05) is 5.32 Å². The molecule has 3 nitrogen and oxygen atoms in total. The van der Waals surface area contributed by atoms with Crippen molar-refractivity contribution in [3.63, 3.8) is 0 Å². The second kappa shape index (κ2) is 5.34. The molecule has 0 aliphatic rings. The molecule has 0 saturated heterocycles. The number of anilines is 1. The number of hydrogen-bond donors (Lipinski definition) is 1. The molecular formula is C13H14F3N3. The molecule has 0 saturated carbocycles. The summed E-state index contributed by atoms with van der Waals surface area (Å²) in [5, 5.41) is 7.19. The van der Waals surface area contributed by atoms with Gasteiger partial charge in [0, 0.05) is 18.4 Å². The molecule has 1 aromatic carbocycles. The molecule has 0 atom stereocenters. The second-order valence-corrected chi connectivity index (χ2v) is 4.07. The quantitative estimate of drug-likeness (QED) is 0.920. The molecule has 0 amide bonds. The highest BCUT2D eigenvalue weighted by Crippen LogP contribution is 2.29. The van der Waals surface area contributed by atoms with Crippen molar-refractivity contribution >= 4 is 5.69 Å². The van der Waals surface area contributed by atoms with Crippen LogP contribution in [-0.4, -0.2) is 9.78 Å². The zero-order chi connectivity index (χ0) is 13.9. The number of hydrogen-bond acceptors (Lipinski definition) is 2. The lowest BCUT2D eigenvalue weighted by Gasteiger charge is -2.10. The van der Waals surface area contributed by atoms with Crippen LogP contribution in [-0.2, 0) is 19.3 Å². The fourth-order valence-corrected chi connectivity index (χ4v) is 1.76. The van der Waals surface area contributed by atoms with E-state index in [0.29, 0.717) is 12.2 Å². The zero-order valence-corrected chi connectivity index (χ0v) is 10.4. The molecule has 19 heavy (non-hydrogen) atoms. The van der Waals surface area contributed by atoms with E-state index < -0.39 is 11.7 Å². The normalized spacial score (nSPS) is 11.6. The summed E-state index contributed by atoms with van der Waals surface area (Å²) in [6.07, 6.45) is -2.59. The van der Waals surface area contributed by atoms with Crippen molar-refractivity contribution in [1.82, 2.24) is 9.78 Å². The van der Waals surface area contributed by atoms with Gasteiger partial charge in [0.15, 0.2) is 0 Å². The monoisotopic (exact) mass is 269 g/mol. The number of nitrogens with zero attached hydrogens (tertiary/aromatic N) is 2. The van der Waals surface area contributed by atoms with Gasteiger partial charge >= 0.3 is 6.18 Å². The van der Waals surface area contributed by atoms with Gasteiger partial charge in [-0.1, -0.05) is 0 Å². The van der Waals surface area contributed by atoms with E-state index in [-0.39, 0.29) is 0 Å². The van der Waals surface area contributed by atoms with Crippen LogP contribution in [0.3, 0.4) is 0 Å². The van der Waals surface area contributed by atoms with Crippen LogP contribution in [0.15, 0.2) is 36.5 Å². The third-order valence-electron chi connectivity index (χ3n) is 2.79. The maximum Gasteiger partial charge on any atom is 0.416 e. The summed E-state index contributed by atoms with van der Waals surface area (Å²) < 4.78 is 39.0. The van der Waals surface area contributed by atoms with Gasteiger partial charge in [-0.2, -0.15) is 18.3 Å². The Balaban J connectivity index is 2.01. The highest BCUT2D eigenvalue weighted by Gasteiger charge is 2.29. The Morgan fingerprint density at radius 3 is 2.42 bits per heavy atom. The minimum absolute atomic E-state index is 0.527. The van der Waals surface area contributed by atoms with Gasteiger partial charge in [0.05, 0.1) is 17.8 Å². The SMILES string of the molecule is CCn1nccc1CNc1ccc(C(F)(F)F)cc1. The lowest BCUT2D eigenvalue weighted by molar-refractivity contribution is -0.137. The van der Waals surface area contributed by atoms with Gasteiger partial charge in [0.1, 0.15) is 0 Å². The molecule has 0 aliphatic heterocycles. The van der Waals surface area contributed by atoms with E-state index in [1.165, 1.54) is 12.1 Å². The summed E-state index contributed by atoms with van der Waals surface area (Å²) in [6.45, 7) is 3.27. The van der Waals surface area contributed by atoms with Crippen LogP contribution >= 0.6 is 0 Å². The van der Waals surface area contributed by atoms with Crippen LogP contribution in [0.1, 0.15) is 18.2 Å². The topological polar surface area (TPSA) is 29.9 Å². The Hall–Kier alpha value is -1.98. The van der Waals surface area contributed by atoms with Gasteiger partial charge in [-0.3, -0.25) is 4.68 Å². The first-order valence-corrected chi connectivity index (χ1v) is 5.92. The molecule has 0 bridgehead atoms. The Morgan fingerprint density at radius 2 is 1.84 bits per heavy atom. The van der Waals surface area contributed by atoms with Crippen molar-refractivity contribution in [2.24, 2.45) is 0 Å². The molecule has 0 spiro atoms. The van der Waals surface area contributed by atoms with E-state index in [9.17, 15) is 13.2 Å². The van der Waals surface area contributed by atoms with E-state index in [4.69, 9.17) is 0 Å². The van der Waals surface area contributed by atoms with E-state index in [0.717, 1.165) is 24.4 Å². The third-order valence-corrected chi connectivity index (χ3v) is 2.79. The van der Waals surface area contributed by atoms with Crippen LogP contribution in [0.25, 0.3) is 0 Å². The number of halogens is 3. The molecule has 1 heterocycles. The van der Waals surface area contributed by atoms with Gasteiger partial charge in [-0.05, 0) is 37.3 Å². The Bertz CT molecular complexity index is 529. The van der Waals surface area contributed by atoms with Gasteiger partial charge in [0.25, 0.3) is 0 Å². The lowest BCUT2D eigenvalue weighted by Crippen LogP contribution is -2.08. The van der Waals surface area contributed by atoms with Crippen LogP contribution in [0, 0.1) is 0 Å². The van der Waals surface area contributed by atoms with Crippen molar-refractivity contribution in [2.45, 2.75) is 26.2 Å². The number of rotatable bonds is 4. The predicted molar refractivity (Wildman–Crippen MR) is 66.7 cm³/mol. The molecular weight excluding hydrogens is 255 g/mol. The second-order valence-electron chi connectivity index (χ2n) is 4.07. The standard InChI is InChI=1S/C13H14F3N3/c1-2-19-12(7-8-18-19)9-17-11-5-3-10(4-6-11)13(14,15)16/h3-8,17H,2,9H2,1H3. The first kappa shape index (κ1) is 13.5. The summed E-state index contributed by atoms with van der Waals surface area (Å²) in [5.41, 5.74) is 0.996. The van der Waals surface area contributed by atoms with Crippen LogP contribution in [0.2, 0.25) is 0 Å². The zero-order valence-electron chi connectivity index (χ0n) is 10.4. The van der Waals surface area contributed by atoms with Gasteiger partial charge in [0.2, 0.25) is 0 Å². The van der Waals surface area contributed by atoms with Gasteiger partial charge < -0.3 is 5.32 Å². The Kier molecular flexibility index (Phi) is 3.78. The number of benzene rings is 1.